The molecule has 2 amide bonds. The lowest BCUT2D eigenvalue weighted by Crippen LogP contribution is -2.32. The number of urea groups is 1. The van der Waals surface area contributed by atoms with Gasteiger partial charge in [-0.25, -0.2) is 19.0 Å². The van der Waals surface area contributed by atoms with Crippen molar-refractivity contribution in [3.8, 4) is 0 Å². The predicted octanol–water partition coefficient (Wildman–Crippen LogP) is -0.755. The molecule has 2 aliphatic rings. The Morgan fingerprint density at radius 3 is 3.00 bits per heavy atom. The number of carbonyl (C=O) groups is 1. The molecule has 3 heterocycles. The second-order valence-corrected chi connectivity index (χ2v) is 7.25. The van der Waals surface area contributed by atoms with Crippen molar-refractivity contribution in [1.29, 1.82) is 0 Å². The summed E-state index contributed by atoms with van der Waals surface area (Å²) in [7, 11) is -3.79. The number of aliphatic imine (C=N–C) groups is 1. The van der Waals surface area contributed by atoms with Crippen molar-refractivity contribution in [2.75, 3.05) is 6.54 Å². The summed E-state index contributed by atoms with van der Waals surface area (Å²) in [5.41, 5.74) is 11.3. The number of fused-ring (bicyclic) bond motifs is 4. The van der Waals surface area contributed by atoms with Crippen molar-refractivity contribution in [1.82, 2.24) is 14.9 Å². The molecule has 1 saturated heterocycles. The van der Waals surface area contributed by atoms with E-state index in [0.29, 0.717) is 18.1 Å². The van der Waals surface area contributed by atoms with Gasteiger partial charge in [0.15, 0.2) is 5.96 Å². The van der Waals surface area contributed by atoms with Gasteiger partial charge in [-0.2, -0.15) is 9.35 Å². The number of hydroxylamine groups is 2. The molecule has 10 nitrogen and oxygen atoms in total. The van der Waals surface area contributed by atoms with Gasteiger partial charge in [0.2, 0.25) is 10.1 Å². The summed E-state index contributed by atoms with van der Waals surface area (Å²) >= 11 is 1.34. The van der Waals surface area contributed by atoms with E-state index in [1.54, 1.807) is 0 Å². The zero-order valence-electron chi connectivity index (χ0n) is 11.3. The summed E-state index contributed by atoms with van der Waals surface area (Å²) in [6, 6.07) is -0.970. The Labute approximate surface area is 130 Å². The average Bonchev–Trinajstić information content (AvgIpc) is 2.91. The van der Waals surface area contributed by atoms with Crippen LogP contribution in [0.4, 0.5) is 4.79 Å². The van der Waals surface area contributed by atoms with E-state index in [1.807, 2.05) is 0 Å². The minimum atomic E-state index is -3.79. The van der Waals surface area contributed by atoms with Crippen LogP contribution in [0.1, 0.15) is 21.6 Å². The summed E-state index contributed by atoms with van der Waals surface area (Å²) in [6.45, 7) is 0.922. The van der Waals surface area contributed by atoms with E-state index in [9.17, 15) is 13.6 Å². The number of hydrogen-bond acceptors (Lipinski definition) is 6. The number of thiazole rings is 1. The fraction of sp³-hybridized carbons (Fsp3) is 0.400. The topological polar surface area (TPSA) is 147 Å². The fourth-order valence-corrected chi connectivity index (χ4v) is 3.85. The van der Waals surface area contributed by atoms with Gasteiger partial charge < -0.3 is 16.4 Å². The van der Waals surface area contributed by atoms with E-state index in [2.05, 4.69) is 15.8 Å². The summed E-state index contributed by atoms with van der Waals surface area (Å²) in [5, 5.41) is 1.59. The molecule has 3 rings (SSSR count). The zero-order valence-corrected chi connectivity index (χ0v) is 13.0. The SMILES string of the molecule is C=S(=O)(O)ON1C(=O)N2Cc3nc(CN=C(N)N)sc3C1C2. The molecule has 0 aromatic carbocycles. The lowest BCUT2D eigenvalue weighted by atomic mass is 10.1. The molecule has 0 spiro atoms. The monoisotopic (exact) mass is 346 g/mol. The van der Waals surface area contributed by atoms with Crippen LogP contribution in [0.2, 0.25) is 0 Å². The van der Waals surface area contributed by atoms with Crippen LogP contribution in [-0.2, 0) is 27.5 Å². The molecule has 1 aromatic rings. The summed E-state index contributed by atoms with van der Waals surface area (Å²) in [4.78, 5) is 22.7. The highest BCUT2D eigenvalue weighted by molar-refractivity contribution is 7.90. The van der Waals surface area contributed by atoms with Crippen LogP contribution in [0.15, 0.2) is 4.99 Å². The summed E-state index contributed by atoms with van der Waals surface area (Å²) in [5.74, 6) is 2.95. The molecule has 5 N–H and O–H groups in total. The predicted molar refractivity (Wildman–Crippen MR) is 81.0 cm³/mol. The van der Waals surface area contributed by atoms with Crippen molar-refractivity contribution >= 4 is 39.3 Å². The number of amides is 2. The smallest absolute Gasteiger partial charge is 0.346 e. The Morgan fingerprint density at radius 1 is 1.64 bits per heavy atom. The number of nitrogens with two attached hydrogens (primary N) is 2. The van der Waals surface area contributed by atoms with Gasteiger partial charge in [-0.05, 0) is 0 Å². The molecule has 12 heteroatoms. The van der Waals surface area contributed by atoms with E-state index in [1.165, 1.54) is 16.2 Å². The Balaban J connectivity index is 1.90. The standard InChI is InChI=1S/C10H14N6O4S2/c1-22(18,19)20-16-6-4-15(10(16)17)3-5-8(6)21-7(14-5)2-13-9(11)12/h6H,1-4H2,(H,18,19)(H4,11,12,13). The van der Waals surface area contributed by atoms with Gasteiger partial charge in [-0.3, -0.25) is 4.55 Å². The Morgan fingerprint density at radius 2 is 2.36 bits per heavy atom. The Bertz CT molecular complexity index is 753. The number of guanidine groups is 1. The van der Waals surface area contributed by atoms with E-state index in [-0.39, 0.29) is 12.5 Å². The number of aromatic nitrogens is 1. The molecular formula is C10H14N6O4S2. The lowest BCUT2D eigenvalue weighted by molar-refractivity contribution is -0.0232. The third kappa shape index (κ3) is 2.72. The molecule has 2 unspecified atom stereocenters. The third-order valence-corrected chi connectivity index (χ3v) is 4.72. The minimum absolute atomic E-state index is 0.0318. The van der Waals surface area contributed by atoms with Gasteiger partial charge in [0, 0.05) is 5.87 Å². The van der Waals surface area contributed by atoms with Gasteiger partial charge in [-0.15, -0.1) is 11.3 Å². The maximum atomic E-state index is 12.1. The maximum Gasteiger partial charge on any atom is 0.346 e. The fourth-order valence-electron chi connectivity index (χ4n) is 2.36. The number of hydrogen-bond donors (Lipinski definition) is 3. The Kier molecular flexibility index (Phi) is 3.47. The highest BCUT2D eigenvalue weighted by Crippen LogP contribution is 2.41. The molecule has 0 aliphatic carbocycles. The third-order valence-electron chi connectivity index (χ3n) is 3.14. The maximum absolute atomic E-state index is 12.1. The number of rotatable bonds is 4. The minimum Gasteiger partial charge on any atom is -0.370 e. The van der Waals surface area contributed by atoms with Gasteiger partial charge in [0.05, 0.1) is 30.2 Å². The highest BCUT2D eigenvalue weighted by atomic mass is 32.2. The quantitative estimate of drug-likeness (QED) is 0.369. The van der Waals surface area contributed by atoms with Crippen LogP contribution >= 0.6 is 11.3 Å². The van der Waals surface area contributed by atoms with Crippen LogP contribution in [0.5, 0.6) is 0 Å². The number of carbonyl (C=O) groups excluding carboxylic acids is 1. The number of nitrogens with zero attached hydrogens (tertiary/aromatic N) is 4. The van der Waals surface area contributed by atoms with Gasteiger partial charge in [-0.1, -0.05) is 0 Å². The van der Waals surface area contributed by atoms with Crippen molar-refractivity contribution in [2.45, 2.75) is 19.1 Å². The lowest BCUT2D eigenvalue weighted by Gasteiger charge is -2.21. The van der Waals surface area contributed by atoms with Crippen molar-refractivity contribution in [3.63, 3.8) is 0 Å². The van der Waals surface area contributed by atoms with Crippen molar-refractivity contribution in [2.24, 2.45) is 16.5 Å². The van der Waals surface area contributed by atoms with E-state index in [4.69, 9.17) is 15.8 Å². The normalized spacial score (nSPS) is 22.4. The summed E-state index contributed by atoms with van der Waals surface area (Å²) < 4.78 is 25.4. The second kappa shape index (κ2) is 5.08. The molecule has 120 valence electrons. The first-order valence-electron chi connectivity index (χ1n) is 6.16. The van der Waals surface area contributed by atoms with Gasteiger partial charge >= 0.3 is 6.03 Å². The largest absolute Gasteiger partial charge is 0.370 e. The van der Waals surface area contributed by atoms with Gasteiger partial charge in [0.1, 0.15) is 11.0 Å². The van der Waals surface area contributed by atoms with Crippen LogP contribution in [-0.4, -0.2) is 48.1 Å². The van der Waals surface area contributed by atoms with E-state index < -0.39 is 22.2 Å². The summed E-state index contributed by atoms with van der Waals surface area (Å²) in [6.07, 6.45) is 0. The zero-order chi connectivity index (χ0) is 16.1. The average molecular weight is 346 g/mol. The molecule has 1 fully saturated rings. The first kappa shape index (κ1) is 15.0. The molecule has 0 radical (unpaired) electrons. The molecule has 0 saturated carbocycles. The molecule has 22 heavy (non-hydrogen) atoms. The first-order chi connectivity index (χ1) is 10.2. The first-order valence-corrected chi connectivity index (χ1v) is 8.58. The van der Waals surface area contributed by atoms with Crippen molar-refractivity contribution in [3.05, 3.63) is 15.6 Å². The molecule has 2 atom stereocenters. The molecule has 1 aromatic heterocycles. The van der Waals surface area contributed by atoms with Crippen LogP contribution in [0, 0.1) is 0 Å². The molecule has 2 aliphatic heterocycles. The highest BCUT2D eigenvalue weighted by Gasteiger charge is 2.47. The van der Waals surface area contributed by atoms with Crippen LogP contribution < -0.4 is 11.5 Å². The second-order valence-electron chi connectivity index (χ2n) is 4.82. The van der Waals surface area contributed by atoms with E-state index in [0.717, 1.165) is 15.6 Å². The van der Waals surface area contributed by atoms with E-state index >= 15 is 0 Å². The van der Waals surface area contributed by atoms with Crippen LogP contribution in [0.3, 0.4) is 0 Å². The molecule has 2 bridgehead atoms. The van der Waals surface area contributed by atoms with Crippen LogP contribution in [0.25, 0.3) is 0 Å². The van der Waals surface area contributed by atoms with Crippen molar-refractivity contribution < 1.29 is 17.8 Å². The van der Waals surface area contributed by atoms with Gasteiger partial charge in [0.25, 0.3) is 0 Å². The Hall–Kier alpha value is -1.89. The molecular weight excluding hydrogens is 332 g/mol.